The summed E-state index contributed by atoms with van der Waals surface area (Å²) >= 11 is 0. The van der Waals surface area contributed by atoms with Crippen molar-refractivity contribution in [1.82, 2.24) is 0 Å². The fraction of sp³-hybridized carbons (Fsp3) is 0.222. The molecule has 0 radical (unpaired) electrons. The fourth-order valence-electron chi connectivity index (χ4n) is 2.32. The normalized spacial score (nSPS) is 10.1. The van der Waals surface area contributed by atoms with E-state index in [4.69, 9.17) is 15.2 Å². The Morgan fingerprint density at radius 3 is 2.33 bits per heavy atom. The van der Waals surface area contributed by atoms with E-state index in [1.165, 1.54) is 19.2 Å². The summed E-state index contributed by atoms with van der Waals surface area (Å²) in [5.74, 6) is -0.561. The van der Waals surface area contributed by atoms with Crippen molar-refractivity contribution >= 4 is 23.3 Å². The number of benzene rings is 2. The smallest absolute Gasteiger partial charge is 0.338 e. The van der Waals surface area contributed by atoms with Gasteiger partial charge in [-0.1, -0.05) is 6.07 Å². The molecular weight excluding hydrogens is 308 g/mol. The van der Waals surface area contributed by atoms with Crippen LogP contribution in [-0.2, 0) is 9.53 Å². The van der Waals surface area contributed by atoms with E-state index in [-0.39, 0.29) is 12.2 Å². The molecule has 0 aliphatic carbocycles. The summed E-state index contributed by atoms with van der Waals surface area (Å²) in [7, 11) is 1.49. The van der Waals surface area contributed by atoms with Crippen molar-refractivity contribution in [2.45, 2.75) is 13.8 Å². The lowest BCUT2D eigenvalue weighted by Gasteiger charge is -2.09. The van der Waals surface area contributed by atoms with E-state index >= 15 is 0 Å². The summed E-state index contributed by atoms with van der Waals surface area (Å²) < 4.78 is 10.0. The molecule has 24 heavy (non-hydrogen) atoms. The highest BCUT2D eigenvalue weighted by molar-refractivity contribution is 5.96. The molecule has 0 unspecified atom stereocenters. The number of nitrogen functional groups attached to an aromatic ring is 1. The third-order valence-corrected chi connectivity index (χ3v) is 3.31. The molecule has 0 heterocycles. The molecular formula is C18H20N2O4. The van der Waals surface area contributed by atoms with Crippen LogP contribution in [0.5, 0.6) is 5.75 Å². The fourth-order valence-corrected chi connectivity index (χ4v) is 2.32. The minimum Gasteiger partial charge on any atom is -0.495 e. The molecule has 0 spiro atoms. The molecule has 6 heteroatoms. The van der Waals surface area contributed by atoms with Gasteiger partial charge in [-0.3, -0.25) is 4.79 Å². The summed E-state index contributed by atoms with van der Waals surface area (Å²) in [6.07, 6.45) is 0. The highest BCUT2D eigenvalue weighted by atomic mass is 16.5. The lowest BCUT2D eigenvalue weighted by molar-refractivity contribution is -0.119. The second kappa shape index (κ2) is 7.50. The molecule has 0 aliphatic rings. The lowest BCUT2D eigenvalue weighted by Crippen LogP contribution is -2.21. The molecule has 0 aliphatic heterocycles. The SMILES string of the molecule is COc1ccc(C(=O)OCC(=O)Nc2cc(C)cc(C)c2)cc1N. The Morgan fingerprint density at radius 1 is 1.08 bits per heavy atom. The highest BCUT2D eigenvalue weighted by Gasteiger charge is 2.12. The van der Waals surface area contributed by atoms with E-state index in [1.54, 1.807) is 6.07 Å². The van der Waals surface area contributed by atoms with Crippen LogP contribution < -0.4 is 15.8 Å². The Kier molecular flexibility index (Phi) is 5.42. The van der Waals surface area contributed by atoms with Crippen LogP contribution in [-0.4, -0.2) is 25.6 Å². The zero-order valence-corrected chi connectivity index (χ0v) is 13.9. The third-order valence-electron chi connectivity index (χ3n) is 3.31. The van der Waals surface area contributed by atoms with Gasteiger partial charge in [-0.05, 0) is 55.3 Å². The van der Waals surface area contributed by atoms with Crippen molar-refractivity contribution in [2.75, 3.05) is 24.8 Å². The maximum Gasteiger partial charge on any atom is 0.338 e. The molecule has 0 aromatic heterocycles. The van der Waals surface area contributed by atoms with Crippen molar-refractivity contribution in [2.24, 2.45) is 0 Å². The molecule has 3 N–H and O–H groups in total. The number of nitrogens with two attached hydrogens (primary N) is 1. The van der Waals surface area contributed by atoms with Crippen molar-refractivity contribution < 1.29 is 19.1 Å². The van der Waals surface area contributed by atoms with Gasteiger partial charge in [-0.2, -0.15) is 0 Å². The van der Waals surface area contributed by atoms with Gasteiger partial charge in [0.25, 0.3) is 5.91 Å². The summed E-state index contributed by atoms with van der Waals surface area (Å²) in [6.45, 7) is 3.51. The van der Waals surface area contributed by atoms with Gasteiger partial charge in [-0.15, -0.1) is 0 Å². The summed E-state index contributed by atoms with van der Waals surface area (Å²) in [5, 5.41) is 2.70. The Bertz CT molecular complexity index is 751. The molecule has 1 amide bonds. The first kappa shape index (κ1) is 17.3. The number of ether oxygens (including phenoxy) is 2. The zero-order valence-electron chi connectivity index (χ0n) is 13.9. The Labute approximate surface area is 140 Å². The summed E-state index contributed by atoms with van der Waals surface area (Å²) in [4.78, 5) is 23.9. The topological polar surface area (TPSA) is 90.6 Å². The Morgan fingerprint density at radius 2 is 1.75 bits per heavy atom. The van der Waals surface area contributed by atoms with Gasteiger partial charge in [0, 0.05) is 5.69 Å². The van der Waals surface area contributed by atoms with Crippen LogP contribution in [0.2, 0.25) is 0 Å². The number of aryl methyl sites for hydroxylation is 2. The maximum atomic E-state index is 12.0. The standard InChI is InChI=1S/C18H20N2O4/c1-11-6-12(2)8-14(7-11)20-17(21)10-24-18(22)13-4-5-16(23-3)15(19)9-13/h4-9H,10,19H2,1-3H3,(H,20,21). The molecule has 2 rings (SSSR count). The van der Waals surface area contributed by atoms with Crippen molar-refractivity contribution in [3.05, 3.63) is 53.1 Å². The van der Waals surface area contributed by atoms with Gasteiger partial charge in [0.05, 0.1) is 18.4 Å². The number of hydrogen-bond acceptors (Lipinski definition) is 5. The summed E-state index contributed by atoms with van der Waals surface area (Å²) in [6, 6.07) is 10.2. The second-order valence-electron chi connectivity index (χ2n) is 5.46. The van der Waals surface area contributed by atoms with Crippen LogP contribution in [0.25, 0.3) is 0 Å². The first-order chi connectivity index (χ1) is 11.4. The van der Waals surface area contributed by atoms with E-state index in [2.05, 4.69) is 5.32 Å². The number of amides is 1. The number of carbonyl (C=O) groups is 2. The second-order valence-corrected chi connectivity index (χ2v) is 5.46. The number of esters is 1. The first-order valence-electron chi connectivity index (χ1n) is 7.38. The molecule has 0 atom stereocenters. The molecule has 0 bridgehead atoms. The number of carbonyl (C=O) groups excluding carboxylic acids is 2. The monoisotopic (exact) mass is 328 g/mol. The van der Waals surface area contributed by atoms with Crippen LogP contribution in [0.4, 0.5) is 11.4 Å². The van der Waals surface area contributed by atoms with Gasteiger partial charge in [-0.25, -0.2) is 4.79 Å². The van der Waals surface area contributed by atoms with Gasteiger partial charge in [0.2, 0.25) is 0 Å². The average molecular weight is 328 g/mol. The minimum atomic E-state index is -0.625. The van der Waals surface area contributed by atoms with Gasteiger partial charge < -0.3 is 20.5 Å². The minimum absolute atomic E-state index is 0.257. The maximum absolute atomic E-state index is 12.0. The third kappa shape index (κ3) is 4.49. The van der Waals surface area contributed by atoms with Gasteiger partial charge >= 0.3 is 5.97 Å². The van der Waals surface area contributed by atoms with Crippen LogP contribution >= 0.6 is 0 Å². The number of rotatable bonds is 5. The van der Waals surface area contributed by atoms with E-state index < -0.39 is 11.9 Å². The molecule has 126 valence electrons. The number of anilines is 2. The molecule has 2 aromatic rings. The Hall–Kier alpha value is -3.02. The van der Waals surface area contributed by atoms with Crippen molar-refractivity contribution in [1.29, 1.82) is 0 Å². The number of hydrogen-bond donors (Lipinski definition) is 2. The van der Waals surface area contributed by atoms with Crippen LogP contribution in [0, 0.1) is 13.8 Å². The van der Waals surface area contributed by atoms with E-state index in [9.17, 15) is 9.59 Å². The van der Waals surface area contributed by atoms with Crippen LogP contribution in [0.15, 0.2) is 36.4 Å². The van der Waals surface area contributed by atoms with Gasteiger partial charge in [0.15, 0.2) is 6.61 Å². The largest absolute Gasteiger partial charge is 0.495 e. The van der Waals surface area contributed by atoms with E-state index in [0.29, 0.717) is 17.1 Å². The highest BCUT2D eigenvalue weighted by Crippen LogP contribution is 2.22. The quantitative estimate of drug-likeness (QED) is 0.650. The first-order valence-corrected chi connectivity index (χ1v) is 7.38. The van der Waals surface area contributed by atoms with E-state index in [0.717, 1.165) is 11.1 Å². The van der Waals surface area contributed by atoms with Crippen LogP contribution in [0.1, 0.15) is 21.5 Å². The molecule has 6 nitrogen and oxygen atoms in total. The zero-order chi connectivity index (χ0) is 17.7. The molecule has 0 saturated carbocycles. The number of methoxy groups -OCH3 is 1. The summed E-state index contributed by atoms with van der Waals surface area (Å²) in [5.41, 5.74) is 9.07. The predicted octanol–water partition coefficient (Wildman–Crippen LogP) is 2.69. The lowest BCUT2D eigenvalue weighted by atomic mass is 10.1. The molecule has 0 saturated heterocycles. The van der Waals surface area contributed by atoms with Gasteiger partial charge in [0.1, 0.15) is 5.75 Å². The molecule has 0 fully saturated rings. The average Bonchev–Trinajstić information content (AvgIpc) is 2.51. The van der Waals surface area contributed by atoms with Crippen molar-refractivity contribution in [3.8, 4) is 5.75 Å². The van der Waals surface area contributed by atoms with Crippen molar-refractivity contribution in [3.63, 3.8) is 0 Å². The predicted molar refractivity (Wildman–Crippen MR) is 92.2 cm³/mol. The van der Waals surface area contributed by atoms with E-state index in [1.807, 2.05) is 32.0 Å². The molecule has 2 aromatic carbocycles. The Balaban J connectivity index is 1.93. The number of nitrogens with one attached hydrogen (secondary N) is 1. The van der Waals surface area contributed by atoms with Crippen LogP contribution in [0.3, 0.4) is 0 Å².